The van der Waals surface area contributed by atoms with Crippen LogP contribution in [0.15, 0.2) is 64.9 Å². The molecule has 2 atom stereocenters. The number of H-pyrrole nitrogens is 1. The van der Waals surface area contributed by atoms with E-state index in [-0.39, 0.29) is 23.1 Å². The topological polar surface area (TPSA) is 175 Å². The van der Waals surface area contributed by atoms with Gasteiger partial charge in [-0.15, -0.1) is 0 Å². The van der Waals surface area contributed by atoms with Gasteiger partial charge in [-0.1, -0.05) is 47.6 Å². The van der Waals surface area contributed by atoms with Crippen LogP contribution in [0.3, 0.4) is 0 Å². The molecule has 1 amide bonds. The lowest BCUT2D eigenvalue weighted by molar-refractivity contribution is -0.138. The minimum atomic E-state index is -4.22. The molecule has 1 unspecified atom stereocenters. The average molecular weight is 583 g/mol. The van der Waals surface area contributed by atoms with Gasteiger partial charge in [0.05, 0.1) is 4.90 Å². The monoisotopic (exact) mass is 582 g/mol. The number of imidazole rings is 1. The largest absolute Gasteiger partial charge is 0.480 e. The fourth-order valence-electron chi connectivity index (χ4n) is 4.68. The number of hydrogen-bond donors (Lipinski definition) is 5. The van der Waals surface area contributed by atoms with Crippen LogP contribution in [0.5, 0.6) is 0 Å². The molecular weight excluding hydrogens is 548 g/mol. The predicted molar refractivity (Wildman–Crippen MR) is 154 cm³/mol. The van der Waals surface area contributed by atoms with Crippen LogP contribution in [0, 0.1) is 13.8 Å². The minimum absolute atomic E-state index is 0.00512. The number of oxime groups is 1. The zero-order valence-electron chi connectivity index (χ0n) is 22.9. The van der Waals surface area contributed by atoms with Gasteiger partial charge < -0.3 is 25.6 Å². The Labute approximate surface area is 238 Å². The molecule has 0 aliphatic carbocycles. The highest BCUT2D eigenvalue weighted by atomic mass is 32.2. The van der Waals surface area contributed by atoms with Crippen LogP contribution in [0.25, 0.3) is 11.1 Å². The number of hydrogen-bond acceptors (Lipinski definition) is 8. The number of amides is 1. The summed E-state index contributed by atoms with van der Waals surface area (Å²) in [5.41, 5.74) is 2.88. The molecule has 3 aromatic rings. The van der Waals surface area contributed by atoms with E-state index in [9.17, 15) is 23.1 Å². The van der Waals surface area contributed by atoms with Crippen LogP contribution < -0.4 is 15.4 Å². The van der Waals surface area contributed by atoms with Gasteiger partial charge in [0.1, 0.15) is 17.9 Å². The van der Waals surface area contributed by atoms with Crippen molar-refractivity contribution in [1.82, 2.24) is 20.0 Å². The molecule has 4 rings (SSSR count). The van der Waals surface area contributed by atoms with Gasteiger partial charge in [0.25, 0.3) is 5.91 Å². The number of unbranched alkanes of at least 4 members (excludes halogenated alkanes) is 1. The van der Waals surface area contributed by atoms with E-state index < -0.39 is 34.5 Å². The third-order valence-electron chi connectivity index (χ3n) is 6.64. The van der Waals surface area contributed by atoms with Crippen LogP contribution in [-0.2, 0) is 24.4 Å². The van der Waals surface area contributed by atoms with Gasteiger partial charge in [0.15, 0.2) is 5.95 Å². The van der Waals surface area contributed by atoms with Gasteiger partial charge in [-0.05, 0) is 55.4 Å². The van der Waals surface area contributed by atoms with Gasteiger partial charge in [0.2, 0.25) is 10.0 Å². The minimum Gasteiger partial charge on any atom is -0.480 e. The number of aromatic nitrogens is 2. The summed E-state index contributed by atoms with van der Waals surface area (Å²) < 4.78 is 28.7. The van der Waals surface area contributed by atoms with Crippen LogP contribution in [-0.4, -0.2) is 66.3 Å². The zero-order valence-corrected chi connectivity index (χ0v) is 23.7. The van der Waals surface area contributed by atoms with E-state index >= 15 is 0 Å². The number of sulfonamides is 1. The first-order valence-electron chi connectivity index (χ1n) is 13.3. The fourth-order valence-corrected chi connectivity index (χ4v) is 6.32. The highest BCUT2D eigenvalue weighted by molar-refractivity contribution is 7.89. The normalized spacial score (nSPS) is 15.6. The fraction of sp³-hybridized carbons (Fsp3) is 0.357. The Morgan fingerprint density at radius 2 is 1.85 bits per heavy atom. The molecule has 5 N–H and O–H groups in total. The molecule has 1 aliphatic rings. The number of anilines is 1. The summed E-state index contributed by atoms with van der Waals surface area (Å²) in [6, 6.07) is 11.4. The molecule has 0 fully saturated rings. The Kier molecular flexibility index (Phi) is 9.73. The number of aromatic amines is 1. The molecule has 0 spiro atoms. The molecule has 0 saturated heterocycles. The number of benzene rings is 2. The number of aryl methyl sites for hydroxylation is 2. The molecule has 2 aromatic carbocycles. The second-order valence-electron chi connectivity index (χ2n) is 9.86. The van der Waals surface area contributed by atoms with Crippen molar-refractivity contribution in [2.24, 2.45) is 5.16 Å². The van der Waals surface area contributed by atoms with E-state index in [1.165, 1.54) is 0 Å². The maximum absolute atomic E-state index is 13.3. The summed E-state index contributed by atoms with van der Waals surface area (Å²) in [5.74, 6) is -1.31. The van der Waals surface area contributed by atoms with Crippen LogP contribution in [0.2, 0.25) is 0 Å². The Hall–Kier alpha value is -4.23. The molecule has 2 heterocycles. The van der Waals surface area contributed by atoms with E-state index in [1.54, 1.807) is 38.4 Å². The molecule has 1 aliphatic heterocycles. The predicted octanol–water partition coefficient (Wildman–Crippen LogP) is 2.97. The maximum atomic E-state index is 13.3. The smallest absolute Gasteiger partial charge is 0.323 e. The Morgan fingerprint density at radius 3 is 2.51 bits per heavy atom. The molecule has 12 nitrogen and oxygen atoms in total. The summed E-state index contributed by atoms with van der Waals surface area (Å²) in [7, 11) is -4.22. The first-order valence-corrected chi connectivity index (χ1v) is 14.8. The lowest BCUT2D eigenvalue weighted by Crippen LogP contribution is -2.49. The van der Waals surface area contributed by atoms with Crippen molar-refractivity contribution in [1.29, 1.82) is 0 Å². The number of nitrogens with one attached hydrogen (secondary N) is 4. The van der Waals surface area contributed by atoms with Gasteiger partial charge in [-0.3, -0.25) is 9.59 Å². The third kappa shape index (κ3) is 7.92. The molecule has 41 heavy (non-hydrogen) atoms. The van der Waals surface area contributed by atoms with Crippen molar-refractivity contribution in [2.75, 3.05) is 18.4 Å². The SMILES string of the molecule is Cc1cc(-c2ccccc2)cc(C)c1S(=O)(=O)N[C@@H](CNC(=O)C1=NOC(CCCCNc2ncc[nH]2)C1)C(=O)O. The van der Waals surface area contributed by atoms with Crippen LogP contribution in [0.1, 0.15) is 36.8 Å². The first-order chi connectivity index (χ1) is 19.6. The highest BCUT2D eigenvalue weighted by Gasteiger charge is 2.30. The number of carbonyl (C=O) groups is 2. The molecule has 1 aromatic heterocycles. The standard InChI is InChI=1S/C28H34N6O6S/c1-18-14-21(20-8-4-3-5-9-20)15-19(2)25(18)41(38,39)34-24(27(36)37)17-32-26(35)23-16-22(40-33-23)10-6-7-11-29-28-30-12-13-31-28/h3-5,8-9,12-15,22,24,34H,6-7,10-11,16-17H2,1-2H3,(H,32,35)(H,36,37)(H2,29,30,31)/t22?,24-/m0/s1. The third-order valence-corrected chi connectivity index (χ3v) is 8.41. The van der Waals surface area contributed by atoms with E-state index in [0.29, 0.717) is 23.5 Å². The first kappa shape index (κ1) is 29.7. The summed E-state index contributed by atoms with van der Waals surface area (Å²) in [4.78, 5) is 37.0. The number of nitrogens with zero attached hydrogens (tertiary/aromatic N) is 2. The zero-order chi connectivity index (χ0) is 29.4. The van der Waals surface area contributed by atoms with Crippen molar-refractivity contribution in [3.8, 4) is 11.1 Å². The molecule has 0 bridgehead atoms. The van der Waals surface area contributed by atoms with Crippen molar-refractivity contribution in [3.63, 3.8) is 0 Å². The maximum Gasteiger partial charge on any atom is 0.323 e. The van der Waals surface area contributed by atoms with E-state index in [4.69, 9.17) is 4.84 Å². The van der Waals surface area contributed by atoms with E-state index in [2.05, 4.69) is 30.5 Å². The second-order valence-corrected chi connectivity index (χ2v) is 11.5. The summed E-state index contributed by atoms with van der Waals surface area (Å²) >= 11 is 0. The van der Waals surface area contributed by atoms with Crippen molar-refractivity contribution in [3.05, 3.63) is 66.0 Å². The highest BCUT2D eigenvalue weighted by Crippen LogP contribution is 2.28. The van der Waals surface area contributed by atoms with E-state index in [0.717, 1.165) is 30.5 Å². The van der Waals surface area contributed by atoms with Gasteiger partial charge in [0, 0.05) is 31.9 Å². The van der Waals surface area contributed by atoms with Crippen molar-refractivity contribution < 1.29 is 28.0 Å². The lowest BCUT2D eigenvalue weighted by atomic mass is 10.0. The molecular formula is C28H34N6O6S. The van der Waals surface area contributed by atoms with Gasteiger partial charge in [-0.2, -0.15) is 4.72 Å². The molecule has 0 radical (unpaired) electrons. The number of carboxylic acids is 1. The summed E-state index contributed by atoms with van der Waals surface area (Å²) in [6.45, 7) is 3.60. The lowest BCUT2D eigenvalue weighted by Gasteiger charge is -2.18. The van der Waals surface area contributed by atoms with Crippen molar-refractivity contribution >= 4 is 33.6 Å². The van der Waals surface area contributed by atoms with E-state index in [1.807, 2.05) is 30.3 Å². The molecule has 0 saturated carbocycles. The number of aliphatic carboxylic acids is 1. The Morgan fingerprint density at radius 1 is 1.12 bits per heavy atom. The average Bonchev–Trinajstić information content (AvgIpc) is 3.63. The number of rotatable bonds is 14. The van der Waals surface area contributed by atoms with Gasteiger partial charge in [-0.25, -0.2) is 13.4 Å². The number of carboxylic acid groups (broad SMARTS) is 1. The summed E-state index contributed by atoms with van der Waals surface area (Å²) in [5, 5.41) is 19.2. The second kappa shape index (κ2) is 13.4. The number of carbonyl (C=O) groups excluding carboxylic acids is 1. The Balaban J connectivity index is 1.28. The molecule has 218 valence electrons. The molecule has 13 heteroatoms. The Bertz CT molecular complexity index is 1470. The summed E-state index contributed by atoms with van der Waals surface area (Å²) in [6.07, 6.45) is 5.84. The quantitative estimate of drug-likeness (QED) is 0.180. The van der Waals surface area contributed by atoms with Crippen LogP contribution in [0.4, 0.5) is 5.95 Å². The van der Waals surface area contributed by atoms with Gasteiger partial charge >= 0.3 is 5.97 Å². The van der Waals surface area contributed by atoms with Crippen molar-refractivity contribution in [2.45, 2.75) is 56.6 Å². The van der Waals surface area contributed by atoms with Crippen LogP contribution >= 0.6 is 0 Å².